The maximum atomic E-state index is 12.4. The zero-order valence-electron chi connectivity index (χ0n) is 12.6. The fourth-order valence-electron chi connectivity index (χ4n) is 2.03. The molecule has 5 nitrogen and oxygen atoms in total. The van der Waals surface area contributed by atoms with Crippen molar-refractivity contribution in [3.8, 4) is 11.5 Å². The van der Waals surface area contributed by atoms with Crippen molar-refractivity contribution in [1.29, 1.82) is 0 Å². The molecule has 0 radical (unpaired) electrons. The Morgan fingerprint density at radius 3 is 2.36 bits per heavy atom. The summed E-state index contributed by atoms with van der Waals surface area (Å²) >= 11 is 0. The molecule has 2 aromatic rings. The molecule has 0 bridgehead atoms. The molecule has 0 saturated heterocycles. The van der Waals surface area contributed by atoms with Crippen LogP contribution in [0.5, 0.6) is 11.5 Å². The molecule has 0 unspecified atom stereocenters. The van der Waals surface area contributed by atoms with Crippen molar-refractivity contribution in [2.24, 2.45) is 5.73 Å². The molecular formula is C16H19NO4S. The molecule has 0 saturated carbocycles. The quantitative estimate of drug-likeness (QED) is 0.826. The molecule has 0 amide bonds. The van der Waals surface area contributed by atoms with Crippen LogP contribution in [0.2, 0.25) is 0 Å². The molecule has 0 aliphatic rings. The molecule has 0 aromatic heterocycles. The third-order valence-electron chi connectivity index (χ3n) is 3.20. The van der Waals surface area contributed by atoms with Crippen LogP contribution in [0.15, 0.2) is 47.4 Å². The number of benzene rings is 2. The number of rotatable bonds is 6. The second kappa shape index (κ2) is 6.81. The van der Waals surface area contributed by atoms with Crippen LogP contribution in [0.1, 0.15) is 11.1 Å². The minimum absolute atomic E-state index is 0.0997. The molecular weight excluding hydrogens is 302 g/mol. The van der Waals surface area contributed by atoms with Gasteiger partial charge in [-0.2, -0.15) is 8.42 Å². The third kappa shape index (κ3) is 3.58. The summed E-state index contributed by atoms with van der Waals surface area (Å²) < 4.78 is 35.4. The van der Waals surface area contributed by atoms with Crippen LogP contribution < -0.4 is 14.7 Å². The highest BCUT2D eigenvalue weighted by Crippen LogP contribution is 2.33. The number of para-hydroxylation sites is 1. The standard InChI is InChI=1S/C16H19NO4S/c1-12-6-8-14(9-7-12)22(18,19)21-16-13(10-11-17)4-3-5-15(16)20-2/h3-9H,10-11,17H2,1-2H3. The van der Waals surface area contributed by atoms with Gasteiger partial charge >= 0.3 is 10.1 Å². The average Bonchev–Trinajstić information content (AvgIpc) is 2.49. The van der Waals surface area contributed by atoms with Crippen molar-refractivity contribution >= 4 is 10.1 Å². The molecule has 22 heavy (non-hydrogen) atoms. The Hall–Kier alpha value is -2.05. The lowest BCUT2D eigenvalue weighted by Gasteiger charge is -2.14. The highest BCUT2D eigenvalue weighted by molar-refractivity contribution is 7.87. The van der Waals surface area contributed by atoms with Gasteiger partial charge in [-0.05, 0) is 38.1 Å². The highest BCUT2D eigenvalue weighted by Gasteiger charge is 2.21. The Labute approximate surface area is 130 Å². The molecule has 2 aromatic carbocycles. The van der Waals surface area contributed by atoms with Gasteiger partial charge in [-0.25, -0.2) is 0 Å². The van der Waals surface area contributed by atoms with E-state index in [-0.39, 0.29) is 10.6 Å². The van der Waals surface area contributed by atoms with Crippen molar-refractivity contribution in [3.05, 3.63) is 53.6 Å². The average molecular weight is 321 g/mol. The Morgan fingerprint density at radius 1 is 1.09 bits per heavy atom. The number of ether oxygens (including phenoxy) is 1. The van der Waals surface area contributed by atoms with Gasteiger partial charge < -0.3 is 14.7 Å². The summed E-state index contributed by atoms with van der Waals surface area (Å²) in [6.45, 7) is 2.27. The molecule has 6 heteroatoms. The van der Waals surface area contributed by atoms with Gasteiger partial charge in [-0.1, -0.05) is 29.8 Å². The summed E-state index contributed by atoms with van der Waals surface area (Å²) in [5, 5.41) is 0. The first-order chi connectivity index (χ1) is 10.5. The van der Waals surface area contributed by atoms with Crippen molar-refractivity contribution in [1.82, 2.24) is 0 Å². The maximum absolute atomic E-state index is 12.4. The molecule has 118 valence electrons. The Morgan fingerprint density at radius 2 is 1.77 bits per heavy atom. The monoisotopic (exact) mass is 321 g/mol. The Kier molecular flexibility index (Phi) is 5.05. The summed E-state index contributed by atoms with van der Waals surface area (Å²) in [5.74, 6) is 0.553. The molecule has 0 heterocycles. The van der Waals surface area contributed by atoms with E-state index in [1.165, 1.54) is 19.2 Å². The van der Waals surface area contributed by atoms with E-state index in [1.54, 1.807) is 30.3 Å². The van der Waals surface area contributed by atoms with Gasteiger partial charge in [0.25, 0.3) is 0 Å². The third-order valence-corrected chi connectivity index (χ3v) is 4.43. The van der Waals surface area contributed by atoms with Gasteiger partial charge in [-0.3, -0.25) is 0 Å². The molecule has 0 spiro atoms. The predicted molar refractivity (Wildman–Crippen MR) is 84.7 cm³/mol. The van der Waals surface area contributed by atoms with E-state index in [9.17, 15) is 8.42 Å². The first kappa shape index (κ1) is 16.3. The van der Waals surface area contributed by atoms with Crippen molar-refractivity contribution in [3.63, 3.8) is 0 Å². The SMILES string of the molecule is COc1cccc(CCN)c1OS(=O)(=O)c1ccc(C)cc1. The molecule has 0 atom stereocenters. The van der Waals surface area contributed by atoms with Crippen molar-refractivity contribution in [2.45, 2.75) is 18.2 Å². The second-order valence-electron chi connectivity index (χ2n) is 4.84. The lowest BCUT2D eigenvalue weighted by Crippen LogP contribution is -2.13. The first-order valence-electron chi connectivity index (χ1n) is 6.85. The largest absolute Gasteiger partial charge is 0.493 e. The number of methoxy groups -OCH3 is 1. The van der Waals surface area contributed by atoms with Gasteiger partial charge in [0.1, 0.15) is 4.90 Å². The normalized spacial score (nSPS) is 11.2. The van der Waals surface area contributed by atoms with E-state index >= 15 is 0 Å². The minimum atomic E-state index is -3.92. The zero-order chi connectivity index (χ0) is 16.2. The fourth-order valence-corrected chi connectivity index (χ4v) is 3.01. The number of hydrogen-bond donors (Lipinski definition) is 1. The maximum Gasteiger partial charge on any atom is 0.339 e. The lowest BCUT2D eigenvalue weighted by atomic mass is 10.1. The molecule has 2 rings (SSSR count). The predicted octanol–water partition coefficient (Wildman–Crippen LogP) is 2.27. The number of nitrogens with two attached hydrogens (primary N) is 1. The van der Waals surface area contributed by atoms with Crippen LogP contribution in [0, 0.1) is 6.92 Å². The first-order valence-corrected chi connectivity index (χ1v) is 8.26. The van der Waals surface area contributed by atoms with E-state index in [4.69, 9.17) is 14.7 Å². The van der Waals surface area contributed by atoms with Gasteiger partial charge in [0, 0.05) is 5.56 Å². The zero-order valence-corrected chi connectivity index (χ0v) is 13.4. The van der Waals surface area contributed by atoms with Crippen LogP contribution in [0.4, 0.5) is 0 Å². The van der Waals surface area contributed by atoms with E-state index in [0.717, 1.165) is 5.56 Å². The van der Waals surface area contributed by atoms with Crippen molar-refractivity contribution in [2.75, 3.05) is 13.7 Å². The van der Waals surface area contributed by atoms with Gasteiger partial charge in [0.2, 0.25) is 0 Å². The van der Waals surface area contributed by atoms with Crippen LogP contribution in [0.25, 0.3) is 0 Å². The van der Waals surface area contributed by atoms with Crippen LogP contribution in [-0.4, -0.2) is 22.1 Å². The summed E-state index contributed by atoms with van der Waals surface area (Å²) in [4.78, 5) is 0.0997. The van der Waals surface area contributed by atoms with Gasteiger partial charge in [0.05, 0.1) is 7.11 Å². The molecule has 2 N–H and O–H groups in total. The highest BCUT2D eigenvalue weighted by atomic mass is 32.2. The molecule has 0 aliphatic carbocycles. The van der Waals surface area contributed by atoms with Crippen LogP contribution in [0.3, 0.4) is 0 Å². The van der Waals surface area contributed by atoms with E-state index < -0.39 is 10.1 Å². The number of aryl methyl sites for hydroxylation is 1. The summed E-state index contributed by atoms with van der Waals surface area (Å²) in [6.07, 6.45) is 0.496. The smallest absolute Gasteiger partial charge is 0.339 e. The summed E-state index contributed by atoms with van der Waals surface area (Å²) in [5.41, 5.74) is 7.23. The molecule has 0 fully saturated rings. The lowest BCUT2D eigenvalue weighted by molar-refractivity contribution is 0.389. The molecule has 0 aliphatic heterocycles. The topological polar surface area (TPSA) is 78.6 Å². The minimum Gasteiger partial charge on any atom is -0.493 e. The van der Waals surface area contributed by atoms with E-state index in [2.05, 4.69) is 0 Å². The van der Waals surface area contributed by atoms with Crippen molar-refractivity contribution < 1.29 is 17.3 Å². The van der Waals surface area contributed by atoms with E-state index in [1.807, 2.05) is 6.92 Å². The van der Waals surface area contributed by atoms with Crippen LogP contribution in [-0.2, 0) is 16.5 Å². The second-order valence-corrected chi connectivity index (χ2v) is 6.38. The Bertz CT molecular complexity index is 739. The fraction of sp³-hybridized carbons (Fsp3) is 0.250. The number of hydrogen-bond acceptors (Lipinski definition) is 5. The summed E-state index contributed by atoms with van der Waals surface area (Å²) in [6, 6.07) is 11.7. The van der Waals surface area contributed by atoms with Gasteiger partial charge in [-0.15, -0.1) is 0 Å². The van der Waals surface area contributed by atoms with Gasteiger partial charge in [0.15, 0.2) is 11.5 Å². The van der Waals surface area contributed by atoms with E-state index in [0.29, 0.717) is 24.3 Å². The Balaban J connectivity index is 2.42. The summed E-state index contributed by atoms with van der Waals surface area (Å²) in [7, 11) is -2.46. The van der Waals surface area contributed by atoms with Crippen LogP contribution >= 0.6 is 0 Å².